The number of ether oxygens (including phenoxy) is 1. The Bertz CT molecular complexity index is 250. The molecule has 0 aromatic rings. The molecule has 0 radical (unpaired) electrons. The Kier molecular flexibility index (Phi) is 2.37. The van der Waals surface area contributed by atoms with E-state index in [2.05, 4.69) is 0 Å². The maximum Gasteiger partial charge on any atom is 0.250 e. The van der Waals surface area contributed by atoms with Gasteiger partial charge < -0.3 is 9.64 Å². The van der Waals surface area contributed by atoms with Gasteiger partial charge >= 0.3 is 0 Å². The summed E-state index contributed by atoms with van der Waals surface area (Å²) in [4.78, 5) is 12.9. The van der Waals surface area contributed by atoms with E-state index in [4.69, 9.17) is 4.74 Å². The van der Waals surface area contributed by atoms with Gasteiger partial charge in [-0.05, 0) is 27.7 Å². The predicted molar refractivity (Wildman–Crippen MR) is 51.2 cm³/mol. The quantitative estimate of drug-likeness (QED) is 0.617. The highest BCUT2D eigenvalue weighted by atomic mass is 16.5. The van der Waals surface area contributed by atoms with Gasteiger partial charge in [0.05, 0.1) is 6.04 Å². The minimum Gasteiger partial charge on any atom is -0.490 e. The lowest BCUT2D eigenvalue weighted by Crippen LogP contribution is -2.31. The molecule has 1 heterocycles. The lowest BCUT2D eigenvalue weighted by atomic mass is 10.2. The molecule has 0 saturated heterocycles. The van der Waals surface area contributed by atoms with Crippen LogP contribution in [0.15, 0.2) is 11.8 Å². The molecular weight excluding hydrogens is 166 g/mol. The van der Waals surface area contributed by atoms with Crippen LogP contribution in [0.3, 0.4) is 0 Å². The molecule has 0 bridgehead atoms. The summed E-state index contributed by atoms with van der Waals surface area (Å²) < 4.78 is 5.65. The van der Waals surface area contributed by atoms with Crippen LogP contribution in [-0.4, -0.2) is 29.5 Å². The van der Waals surface area contributed by atoms with Crippen molar-refractivity contribution < 1.29 is 9.53 Å². The second-order valence-corrected chi connectivity index (χ2v) is 4.39. The fourth-order valence-electron chi connectivity index (χ4n) is 1.19. The normalized spacial score (nSPS) is 23.5. The second kappa shape index (κ2) is 3.05. The average Bonchev–Trinajstić information content (AvgIpc) is 2.15. The van der Waals surface area contributed by atoms with Crippen molar-refractivity contribution in [2.75, 3.05) is 7.05 Å². The zero-order chi connectivity index (χ0) is 10.2. The Morgan fingerprint density at radius 3 is 2.31 bits per heavy atom. The van der Waals surface area contributed by atoms with Gasteiger partial charge in [-0.3, -0.25) is 4.79 Å². The third-order valence-corrected chi connectivity index (χ3v) is 2.03. The molecule has 74 valence electrons. The number of carbonyl (C=O) groups is 1. The van der Waals surface area contributed by atoms with Crippen molar-refractivity contribution in [1.82, 2.24) is 4.90 Å². The minimum atomic E-state index is -0.231. The van der Waals surface area contributed by atoms with Crippen molar-refractivity contribution in [1.29, 1.82) is 0 Å². The monoisotopic (exact) mass is 183 g/mol. The minimum absolute atomic E-state index is 0.0201. The van der Waals surface area contributed by atoms with Crippen LogP contribution >= 0.6 is 0 Å². The lowest BCUT2D eigenvalue weighted by molar-refractivity contribution is -0.124. The first-order valence-electron chi connectivity index (χ1n) is 4.48. The molecule has 0 unspecified atom stereocenters. The van der Waals surface area contributed by atoms with E-state index < -0.39 is 0 Å². The molecule has 1 rings (SSSR count). The number of hydrogen-bond acceptors (Lipinski definition) is 2. The number of likely N-dealkylation sites (N-methyl/N-ethyl adjacent to an activating group) is 1. The number of hydrogen-bond donors (Lipinski definition) is 0. The third kappa shape index (κ3) is 2.23. The van der Waals surface area contributed by atoms with Crippen molar-refractivity contribution in [3.8, 4) is 0 Å². The SMILES string of the molecule is C[C@H]1C(OC(C)(C)C)=CC(=O)N1C. The van der Waals surface area contributed by atoms with Gasteiger partial charge in [-0.15, -0.1) is 0 Å². The van der Waals surface area contributed by atoms with E-state index in [1.807, 2.05) is 27.7 Å². The highest BCUT2D eigenvalue weighted by Crippen LogP contribution is 2.23. The first kappa shape index (κ1) is 10.1. The largest absolute Gasteiger partial charge is 0.490 e. The average molecular weight is 183 g/mol. The van der Waals surface area contributed by atoms with Gasteiger partial charge in [-0.1, -0.05) is 0 Å². The smallest absolute Gasteiger partial charge is 0.250 e. The van der Waals surface area contributed by atoms with Gasteiger partial charge in [0.1, 0.15) is 11.4 Å². The van der Waals surface area contributed by atoms with Gasteiger partial charge in [-0.25, -0.2) is 0 Å². The maximum atomic E-state index is 11.3. The van der Waals surface area contributed by atoms with Crippen molar-refractivity contribution in [3.63, 3.8) is 0 Å². The molecule has 13 heavy (non-hydrogen) atoms. The molecule has 0 N–H and O–H groups in total. The molecule has 0 saturated carbocycles. The van der Waals surface area contributed by atoms with Gasteiger partial charge in [0.15, 0.2) is 0 Å². The summed E-state index contributed by atoms with van der Waals surface area (Å²) in [6.45, 7) is 7.89. The van der Waals surface area contributed by atoms with E-state index in [1.165, 1.54) is 0 Å². The fourth-order valence-corrected chi connectivity index (χ4v) is 1.19. The summed E-state index contributed by atoms with van der Waals surface area (Å²) in [6, 6.07) is 0.0618. The summed E-state index contributed by atoms with van der Waals surface area (Å²) in [5, 5.41) is 0. The summed E-state index contributed by atoms with van der Waals surface area (Å²) in [6.07, 6.45) is 1.57. The number of rotatable bonds is 1. The first-order valence-corrected chi connectivity index (χ1v) is 4.48. The zero-order valence-corrected chi connectivity index (χ0v) is 8.92. The fraction of sp³-hybridized carbons (Fsp3) is 0.700. The molecule has 1 aliphatic rings. The van der Waals surface area contributed by atoms with Crippen LogP contribution < -0.4 is 0 Å². The molecular formula is C10H17NO2. The van der Waals surface area contributed by atoms with Crippen molar-refractivity contribution in [3.05, 3.63) is 11.8 Å². The van der Waals surface area contributed by atoms with Crippen LogP contribution in [0.1, 0.15) is 27.7 Å². The number of nitrogens with zero attached hydrogens (tertiary/aromatic N) is 1. The van der Waals surface area contributed by atoms with Gasteiger partial charge in [-0.2, -0.15) is 0 Å². The topological polar surface area (TPSA) is 29.5 Å². The Labute approximate surface area is 79.4 Å². The van der Waals surface area contributed by atoms with Crippen molar-refractivity contribution >= 4 is 5.91 Å². The van der Waals surface area contributed by atoms with E-state index in [9.17, 15) is 4.79 Å². The second-order valence-electron chi connectivity index (χ2n) is 4.39. The van der Waals surface area contributed by atoms with Crippen LogP contribution in [0.4, 0.5) is 0 Å². The van der Waals surface area contributed by atoms with Gasteiger partial charge in [0, 0.05) is 13.1 Å². The Balaban J connectivity index is 2.73. The first-order chi connectivity index (χ1) is 5.81. The van der Waals surface area contributed by atoms with Crippen molar-refractivity contribution in [2.45, 2.75) is 39.3 Å². The Morgan fingerprint density at radius 1 is 1.46 bits per heavy atom. The molecule has 1 atom stereocenters. The molecule has 3 nitrogen and oxygen atoms in total. The van der Waals surface area contributed by atoms with Crippen LogP contribution in [0, 0.1) is 0 Å². The molecule has 1 aliphatic heterocycles. The van der Waals surface area contributed by atoms with Crippen LogP contribution in [0.2, 0.25) is 0 Å². The zero-order valence-electron chi connectivity index (χ0n) is 8.92. The lowest BCUT2D eigenvalue weighted by Gasteiger charge is -2.26. The highest BCUT2D eigenvalue weighted by Gasteiger charge is 2.29. The van der Waals surface area contributed by atoms with E-state index in [1.54, 1.807) is 18.0 Å². The van der Waals surface area contributed by atoms with Crippen LogP contribution in [0.25, 0.3) is 0 Å². The van der Waals surface area contributed by atoms with E-state index in [0.29, 0.717) is 0 Å². The molecule has 0 aliphatic carbocycles. The third-order valence-electron chi connectivity index (χ3n) is 2.03. The Hall–Kier alpha value is -0.990. The van der Waals surface area contributed by atoms with Gasteiger partial charge in [0.25, 0.3) is 0 Å². The molecule has 0 aromatic carbocycles. The van der Waals surface area contributed by atoms with Crippen LogP contribution in [-0.2, 0) is 9.53 Å². The molecule has 0 aromatic heterocycles. The molecule has 0 fully saturated rings. The van der Waals surface area contributed by atoms with E-state index in [-0.39, 0.29) is 17.6 Å². The van der Waals surface area contributed by atoms with Crippen LogP contribution in [0.5, 0.6) is 0 Å². The summed E-state index contributed by atoms with van der Waals surface area (Å²) in [5.74, 6) is 0.784. The highest BCUT2D eigenvalue weighted by molar-refractivity contribution is 5.91. The van der Waals surface area contributed by atoms with E-state index in [0.717, 1.165) is 5.76 Å². The number of amides is 1. The summed E-state index contributed by atoms with van der Waals surface area (Å²) in [7, 11) is 1.78. The van der Waals surface area contributed by atoms with Crippen molar-refractivity contribution in [2.24, 2.45) is 0 Å². The maximum absolute atomic E-state index is 11.3. The Morgan fingerprint density at radius 2 is 2.00 bits per heavy atom. The molecule has 0 spiro atoms. The standard InChI is InChI=1S/C10H17NO2/c1-7-8(13-10(2,3)4)6-9(12)11(7)5/h6-7H,1-5H3/t7-/m0/s1. The molecule has 3 heteroatoms. The summed E-state index contributed by atoms with van der Waals surface area (Å²) in [5.41, 5.74) is -0.231. The molecule has 1 amide bonds. The van der Waals surface area contributed by atoms with E-state index >= 15 is 0 Å². The van der Waals surface area contributed by atoms with Gasteiger partial charge in [0.2, 0.25) is 5.91 Å². The summed E-state index contributed by atoms with van der Waals surface area (Å²) >= 11 is 0. The predicted octanol–water partition coefficient (Wildman–Crippen LogP) is 1.55. The number of carbonyl (C=O) groups excluding carboxylic acids is 1.